The van der Waals surface area contributed by atoms with E-state index in [0.29, 0.717) is 18.2 Å². The van der Waals surface area contributed by atoms with E-state index in [9.17, 15) is 4.79 Å². The maximum atomic E-state index is 11.5. The van der Waals surface area contributed by atoms with Crippen molar-refractivity contribution < 1.29 is 9.32 Å². The fourth-order valence-corrected chi connectivity index (χ4v) is 1.16. The van der Waals surface area contributed by atoms with Crippen LogP contribution in [0.1, 0.15) is 26.1 Å². The van der Waals surface area contributed by atoms with Crippen LogP contribution in [0.25, 0.3) is 0 Å². The van der Waals surface area contributed by atoms with E-state index in [-0.39, 0.29) is 11.9 Å². The number of carbonyl (C=O) groups excluding carboxylic acids is 1. The molecule has 1 heterocycles. The fourth-order valence-electron chi connectivity index (χ4n) is 1.16. The fraction of sp³-hybridized carbons (Fsp3) is 0.667. The lowest BCUT2D eigenvalue weighted by molar-refractivity contribution is -0.117. The summed E-state index contributed by atoms with van der Waals surface area (Å²) in [6, 6.07) is -0.450. The first kappa shape index (κ1) is 11.6. The van der Waals surface area contributed by atoms with Crippen molar-refractivity contribution in [2.45, 2.75) is 33.2 Å². The minimum atomic E-state index is -0.544. The standard InChI is InChI=1S/C9H16N4O2/c1-5(2)4-7(10)8(14)12-9-11-6(3)13-15-9/h5,7H,4,10H2,1-3H3,(H,11,12,13,14)/t7-/m1/s1. The summed E-state index contributed by atoms with van der Waals surface area (Å²) >= 11 is 0. The van der Waals surface area contributed by atoms with Crippen LogP contribution >= 0.6 is 0 Å². The molecule has 1 aromatic heterocycles. The molecular weight excluding hydrogens is 196 g/mol. The van der Waals surface area contributed by atoms with Gasteiger partial charge in [0.25, 0.3) is 0 Å². The Labute approximate surface area is 88.2 Å². The molecule has 0 radical (unpaired) electrons. The largest absolute Gasteiger partial charge is 0.328 e. The number of hydrogen-bond acceptors (Lipinski definition) is 5. The average molecular weight is 212 g/mol. The monoisotopic (exact) mass is 212 g/mol. The third kappa shape index (κ3) is 3.67. The Morgan fingerprint density at radius 2 is 2.27 bits per heavy atom. The molecular formula is C9H16N4O2. The van der Waals surface area contributed by atoms with E-state index in [1.54, 1.807) is 6.92 Å². The van der Waals surface area contributed by atoms with Crippen molar-refractivity contribution >= 4 is 11.9 Å². The van der Waals surface area contributed by atoms with Crippen molar-refractivity contribution in [3.05, 3.63) is 5.82 Å². The smallest absolute Gasteiger partial charge is 0.320 e. The van der Waals surface area contributed by atoms with Gasteiger partial charge in [-0.05, 0) is 19.3 Å². The summed E-state index contributed by atoms with van der Waals surface area (Å²) < 4.78 is 4.74. The first-order valence-electron chi connectivity index (χ1n) is 4.85. The van der Waals surface area contributed by atoms with Gasteiger partial charge in [-0.15, -0.1) is 0 Å². The van der Waals surface area contributed by atoms with Gasteiger partial charge in [-0.25, -0.2) is 0 Å². The summed E-state index contributed by atoms with van der Waals surface area (Å²) in [4.78, 5) is 15.3. The number of nitrogens with one attached hydrogen (secondary N) is 1. The average Bonchev–Trinajstić information content (AvgIpc) is 2.50. The van der Waals surface area contributed by atoms with E-state index in [4.69, 9.17) is 10.3 Å². The van der Waals surface area contributed by atoms with Gasteiger partial charge in [0, 0.05) is 0 Å². The van der Waals surface area contributed by atoms with Gasteiger partial charge in [0.2, 0.25) is 5.91 Å². The molecule has 84 valence electrons. The number of rotatable bonds is 4. The minimum absolute atomic E-state index is 0.0942. The number of carbonyl (C=O) groups is 1. The maximum Gasteiger partial charge on any atom is 0.328 e. The zero-order valence-electron chi connectivity index (χ0n) is 9.15. The highest BCUT2D eigenvalue weighted by Crippen LogP contribution is 2.06. The molecule has 1 aromatic rings. The summed E-state index contributed by atoms with van der Waals surface area (Å²) in [6.45, 7) is 5.68. The zero-order valence-corrected chi connectivity index (χ0v) is 9.15. The normalized spacial score (nSPS) is 12.9. The lowest BCUT2D eigenvalue weighted by atomic mass is 10.0. The molecule has 0 aliphatic carbocycles. The summed E-state index contributed by atoms with van der Waals surface area (Å²) in [5.74, 6) is 0.547. The Bertz CT molecular complexity index is 335. The SMILES string of the molecule is Cc1noc(NC(=O)[C@H](N)CC(C)C)n1. The van der Waals surface area contributed by atoms with E-state index in [1.807, 2.05) is 13.8 Å². The van der Waals surface area contributed by atoms with Crippen LogP contribution in [0.2, 0.25) is 0 Å². The number of nitrogens with two attached hydrogens (primary N) is 1. The zero-order chi connectivity index (χ0) is 11.4. The number of aromatic nitrogens is 2. The van der Waals surface area contributed by atoms with Crippen LogP contribution in [0.15, 0.2) is 4.52 Å². The van der Waals surface area contributed by atoms with Gasteiger partial charge in [0.15, 0.2) is 5.82 Å². The Balaban J connectivity index is 2.48. The molecule has 1 amide bonds. The Morgan fingerprint density at radius 1 is 1.60 bits per heavy atom. The summed E-state index contributed by atoms with van der Waals surface area (Å²) in [6.07, 6.45) is 0.624. The van der Waals surface area contributed by atoms with Gasteiger partial charge < -0.3 is 10.3 Å². The van der Waals surface area contributed by atoms with Crippen molar-refractivity contribution in [3.8, 4) is 0 Å². The molecule has 0 bridgehead atoms. The molecule has 6 nitrogen and oxygen atoms in total. The van der Waals surface area contributed by atoms with Crippen LogP contribution < -0.4 is 11.1 Å². The van der Waals surface area contributed by atoms with Crippen LogP contribution in [-0.2, 0) is 4.79 Å². The molecule has 0 unspecified atom stereocenters. The number of anilines is 1. The van der Waals surface area contributed by atoms with Gasteiger partial charge in [0.05, 0.1) is 6.04 Å². The summed E-state index contributed by atoms with van der Waals surface area (Å²) in [5.41, 5.74) is 5.67. The van der Waals surface area contributed by atoms with Crippen LogP contribution in [0.4, 0.5) is 6.01 Å². The number of hydrogen-bond donors (Lipinski definition) is 2. The molecule has 0 saturated heterocycles. The van der Waals surface area contributed by atoms with Crippen LogP contribution in [0.3, 0.4) is 0 Å². The molecule has 0 aliphatic rings. The van der Waals surface area contributed by atoms with Crippen molar-refractivity contribution in [1.29, 1.82) is 0 Å². The predicted molar refractivity (Wildman–Crippen MR) is 55.1 cm³/mol. The molecule has 0 fully saturated rings. The van der Waals surface area contributed by atoms with Crippen LogP contribution in [0, 0.1) is 12.8 Å². The second-order valence-corrected chi connectivity index (χ2v) is 3.87. The second kappa shape index (κ2) is 4.88. The Kier molecular flexibility index (Phi) is 3.79. The van der Waals surface area contributed by atoms with Gasteiger partial charge >= 0.3 is 6.01 Å². The van der Waals surface area contributed by atoms with Crippen LogP contribution in [-0.4, -0.2) is 22.1 Å². The molecule has 0 aromatic carbocycles. The van der Waals surface area contributed by atoms with Crippen molar-refractivity contribution in [2.75, 3.05) is 5.32 Å². The molecule has 1 atom stereocenters. The summed E-state index contributed by atoms with van der Waals surface area (Å²) in [5, 5.41) is 6.01. The third-order valence-corrected chi connectivity index (χ3v) is 1.82. The van der Waals surface area contributed by atoms with E-state index < -0.39 is 6.04 Å². The van der Waals surface area contributed by atoms with E-state index >= 15 is 0 Å². The number of aryl methyl sites for hydroxylation is 1. The van der Waals surface area contributed by atoms with Crippen LogP contribution in [0.5, 0.6) is 0 Å². The maximum absolute atomic E-state index is 11.5. The second-order valence-electron chi connectivity index (χ2n) is 3.87. The molecule has 0 saturated carbocycles. The molecule has 1 rings (SSSR count). The van der Waals surface area contributed by atoms with Crippen molar-refractivity contribution in [1.82, 2.24) is 10.1 Å². The Morgan fingerprint density at radius 3 is 2.73 bits per heavy atom. The molecule has 3 N–H and O–H groups in total. The summed E-state index contributed by atoms with van der Waals surface area (Å²) in [7, 11) is 0. The van der Waals surface area contributed by atoms with E-state index in [2.05, 4.69) is 15.5 Å². The molecule has 15 heavy (non-hydrogen) atoms. The van der Waals surface area contributed by atoms with Crippen molar-refractivity contribution in [3.63, 3.8) is 0 Å². The van der Waals surface area contributed by atoms with E-state index in [0.717, 1.165) is 0 Å². The lowest BCUT2D eigenvalue weighted by Crippen LogP contribution is -2.36. The predicted octanol–water partition coefficient (Wildman–Crippen LogP) is 0.690. The minimum Gasteiger partial charge on any atom is -0.320 e. The number of nitrogens with zero attached hydrogens (tertiary/aromatic N) is 2. The highest BCUT2D eigenvalue weighted by Gasteiger charge is 2.17. The first-order valence-corrected chi connectivity index (χ1v) is 4.85. The van der Waals surface area contributed by atoms with Crippen molar-refractivity contribution in [2.24, 2.45) is 11.7 Å². The van der Waals surface area contributed by atoms with E-state index in [1.165, 1.54) is 0 Å². The van der Waals surface area contributed by atoms with Gasteiger partial charge in [-0.2, -0.15) is 4.98 Å². The number of amides is 1. The molecule has 0 aliphatic heterocycles. The van der Waals surface area contributed by atoms with Gasteiger partial charge in [-0.3, -0.25) is 10.1 Å². The Hall–Kier alpha value is -1.43. The first-order chi connectivity index (χ1) is 6.99. The molecule has 0 spiro atoms. The highest BCUT2D eigenvalue weighted by molar-refractivity contribution is 5.92. The topological polar surface area (TPSA) is 94.0 Å². The van der Waals surface area contributed by atoms with Gasteiger partial charge in [0.1, 0.15) is 0 Å². The third-order valence-electron chi connectivity index (χ3n) is 1.82. The molecule has 6 heteroatoms. The van der Waals surface area contributed by atoms with Gasteiger partial charge in [-0.1, -0.05) is 19.0 Å². The lowest BCUT2D eigenvalue weighted by Gasteiger charge is -2.11. The quantitative estimate of drug-likeness (QED) is 0.765. The highest BCUT2D eigenvalue weighted by atomic mass is 16.5.